The maximum Gasteiger partial charge on any atom is 0.276 e. The molecule has 1 atom stereocenters. The SMILES string of the molecule is COCc1cc(C(=O)N2CCNC(=O)C2C)no1. The van der Waals surface area contributed by atoms with Crippen molar-refractivity contribution in [1.29, 1.82) is 0 Å². The highest BCUT2D eigenvalue weighted by Crippen LogP contribution is 2.12. The molecule has 0 aromatic carbocycles. The molecular formula is C11H15N3O4. The van der Waals surface area contributed by atoms with E-state index in [1.165, 1.54) is 18.1 Å². The van der Waals surface area contributed by atoms with Gasteiger partial charge in [0, 0.05) is 26.3 Å². The first-order valence-corrected chi connectivity index (χ1v) is 5.66. The summed E-state index contributed by atoms with van der Waals surface area (Å²) in [6, 6.07) is 1.04. The van der Waals surface area contributed by atoms with Crippen molar-refractivity contribution in [1.82, 2.24) is 15.4 Å². The van der Waals surface area contributed by atoms with E-state index < -0.39 is 6.04 Å². The molecule has 0 aliphatic carbocycles. The summed E-state index contributed by atoms with van der Waals surface area (Å²) in [6.45, 7) is 2.87. The molecule has 0 saturated carbocycles. The summed E-state index contributed by atoms with van der Waals surface area (Å²) < 4.78 is 9.84. The molecule has 1 aliphatic rings. The number of nitrogens with zero attached hydrogens (tertiary/aromatic N) is 2. The highest BCUT2D eigenvalue weighted by atomic mass is 16.5. The van der Waals surface area contributed by atoms with Gasteiger partial charge in [-0.15, -0.1) is 0 Å². The van der Waals surface area contributed by atoms with E-state index in [0.29, 0.717) is 18.8 Å². The van der Waals surface area contributed by atoms with Gasteiger partial charge in [0.25, 0.3) is 5.91 Å². The Morgan fingerprint density at radius 1 is 1.72 bits per heavy atom. The van der Waals surface area contributed by atoms with Crippen LogP contribution in [0.2, 0.25) is 0 Å². The Balaban J connectivity index is 2.12. The summed E-state index contributed by atoms with van der Waals surface area (Å²) in [5.41, 5.74) is 0.198. The highest BCUT2D eigenvalue weighted by Gasteiger charge is 2.31. The fourth-order valence-corrected chi connectivity index (χ4v) is 1.83. The van der Waals surface area contributed by atoms with Crippen molar-refractivity contribution in [3.63, 3.8) is 0 Å². The first-order chi connectivity index (χ1) is 8.63. The predicted octanol–water partition coefficient (Wildman–Crippen LogP) is -0.218. The smallest absolute Gasteiger partial charge is 0.276 e. The van der Waals surface area contributed by atoms with E-state index in [4.69, 9.17) is 9.26 Å². The van der Waals surface area contributed by atoms with Crippen LogP contribution in [0.5, 0.6) is 0 Å². The van der Waals surface area contributed by atoms with E-state index in [1.54, 1.807) is 6.92 Å². The summed E-state index contributed by atoms with van der Waals surface area (Å²) in [5.74, 6) is 0.0219. The summed E-state index contributed by atoms with van der Waals surface area (Å²) in [6.07, 6.45) is 0. The number of nitrogens with one attached hydrogen (secondary N) is 1. The monoisotopic (exact) mass is 253 g/mol. The van der Waals surface area contributed by atoms with Crippen LogP contribution in [0, 0.1) is 0 Å². The third-order valence-electron chi connectivity index (χ3n) is 2.82. The van der Waals surface area contributed by atoms with Crippen LogP contribution in [0.4, 0.5) is 0 Å². The Bertz CT molecular complexity index is 457. The number of hydrogen-bond acceptors (Lipinski definition) is 5. The van der Waals surface area contributed by atoms with Crippen molar-refractivity contribution in [2.24, 2.45) is 0 Å². The number of rotatable bonds is 3. The lowest BCUT2D eigenvalue weighted by molar-refractivity contribution is -0.127. The Kier molecular flexibility index (Phi) is 3.61. The maximum absolute atomic E-state index is 12.2. The molecular weight excluding hydrogens is 238 g/mol. The van der Waals surface area contributed by atoms with Crippen LogP contribution in [-0.2, 0) is 16.1 Å². The normalized spacial score (nSPS) is 19.8. The summed E-state index contributed by atoms with van der Waals surface area (Å²) >= 11 is 0. The van der Waals surface area contributed by atoms with Gasteiger partial charge in [-0.05, 0) is 6.92 Å². The number of carbonyl (C=O) groups excluding carboxylic acids is 2. The Labute approximate surface area is 104 Å². The van der Waals surface area contributed by atoms with E-state index in [9.17, 15) is 9.59 Å². The van der Waals surface area contributed by atoms with Crippen molar-refractivity contribution in [3.8, 4) is 0 Å². The second-order valence-corrected chi connectivity index (χ2v) is 4.08. The number of aromatic nitrogens is 1. The number of ether oxygens (including phenoxy) is 1. The quantitative estimate of drug-likeness (QED) is 0.805. The lowest BCUT2D eigenvalue weighted by Gasteiger charge is -2.32. The highest BCUT2D eigenvalue weighted by molar-refractivity contribution is 5.96. The van der Waals surface area contributed by atoms with Crippen LogP contribution in [0.15, 0.2) is 10.6 Å². The fraction of sp³-hybridized carbons (Fsp3) is 0.545. The molecule has 0 bridgehead atoms. The molecule has 98 valence electrons. The van der Waals surface area contributed by atoms with Gasteiger partial charge in [-0.25, -0.2) is 0 Å². The van der Waals surface area contributed by atoms with Gasteiger partial charge >= 0.3 is 0 Å². The molecule has 1 fully saturated rings. The summed E-state index contributed by atoms with van der Waals surface area (Å²) in [5, 5.41) is 6.39. The first-order valence-electron chi connectivity index (χ1n) is 5.66. The van der Waals surface area contributed by atoms with Gasteiger partial charge in [0.2, 0.25) is 5.91 Å². The Morgan fingerprint density at radius 2 is 2.50 bits per heavy atom. The lowest BCUT2D eigenvalue weighted by Crippen LogP contribution is -2.55. The van der Waals surface area contributed by atoms with Gasteiger partial charge in [-0.1, -0.05) is 5.16 Å². The van der Waals surface area contributed by atoms with Gasteiger partial charge in [0.1, 0.15) is 12.6 Å². The van der Waals surface area contributed by atoms with Crippen LogP contribution < -0.4 is 5.32 Å². The number of piperazine rings is 1. The van der Waals surface area contributed by atoms with Crippen LogP contribution in [-0.4, -0.2) is 48.1 Å². The topological polar surface area (TPSA) is 84.7 Å². The zero-order valence-corrected chi connectivity index (χ0v) is 10.3. The number of methoxy groups -OCH3 is 1. The molecule has 18 heavy (non-hydrogen) atoms. The summed E-state index contributed by atoms with van der Waals surface area (Å²) in [4.78, 5) is 25.1. The average molecular weight is 253 g/mol. The van der Waals surface area contributed by atoms with Gasteiger partial charge < -0.3 is 19.5 Å². The summed E-state index contributed by atoms with van der Waals surface area (Å²) in [7, 11) is 1.53. The zero-order chi connectivity index (χ0) is 13.1. The molecule has 1 saturated heterocycles. The minimum Gasteiger partial charge on any atom is -0.377 e. The first kappa shape index (κ1) is 12.6. The predicted molar refractivity (Wildman–Crippen MR) is 60.7 cm³/mol. The van der Waals surface area contributed by atoms with Crippen LogP contribution in [0.1, 0.15) is 23.2 Å². The van der Waals surface area contributed by atoms with Gasteiger partial charge in [0.15, 0.2) is 11.5 Å². The third-order valence-corrected chi connectivity index (χ3v) is 2.82. The second kappa shape index (κ2) is 5.18. The second-order valence-electron chi connectivity index (χ2n) is 4.08. The van der Waals surface area contributed by atoms with Crippen LogP contribution in [0.3, 0.4) is 0 Å². The molecule has 1 aliphatic heterocycles. The lowest BCUT2D eigenvalue weighted by atomic mass is 10.2. The minimum absolute atomic E-state index is 0.157. The average Bonchev–Trinajstić information content (AvgIpc) is 2.81. The van der Waals surface area contributed by atoms with Crippen LogP contribution >= 0.6 is 0 Å². The van der Waals surface area contributed by atoms with Crippen molar-refractivity contribution in [2.75, 3.05) is 20.2 Å². The molecule has 1 aromatic rings. The minimum atomic E-state index is -0.492. The fourth-order valence-electron chi connectivity index (χ4n) is 1.83. The van der Waals surface area contributed by atoms with Gasteiger partial charge in [0.05, 0.1) is 0 Å². The van der Waals surface area contributed by atoms with Crippen molar-refractivity contribution >= 4 is 11.8 Å². The number of carbonyl (C=O) groups is 2. The van der Waals surface area contributed by atoms with E-state index in [2.05, 4.69) is 10.5 Å². The Hall–Kier alpha value is -1.89. The largest absolute Gasteiger partial charge is 0.377 e. The molecule has 2 amide bonds. The molecule has 2 rings (SSSR count). The van der Waals surface area contributed by atoms with E-state index in [1.807, 2.05) is 0 Å². The van der Waals surface area contributed by atoms with Crippen molar-refractivity contribution in [2.45, 2.75) is 19.6 Å². The molecule has 1 aromatic heterocycles. The van der Waals surface area contributed by atoms with E-state index >= 15 is 0 Å². The van der Waals surface area contributed by atoms with Crippen molar-refractivity contribution in [3.05, 3.63) is 17.5 Å². The molecule has 1 N–H and O–H groups in total. The molecule has 0 radical (unpaired) electrons. The number of hydrogen-bond donors (Lipinski definition) is 1. The van der Waals surface area contributed by atoms with E-state index in [-0.39, 0.29) is 24.1 Å². The molecule has 1 unspecified atom stereocenters. The number of amides is 2. The zero-order valence-electron chi connectivity index (χ0n) is 10.3. The van der Waals surface area contributed by atoms with Crippen molar-refractivity contribution < 1.29 is 18.8 Å². The van der Waals surface area contributed by atoms with Gasteiger partial charge in [-0.2, -0.15) is 0 Å². The van der Waals surface area contributed by atoms with Gasteiger partial charge in [-0.3, -0.25) is 9.59 Å². The third kappa shape index (κ3) is 2.35. The molecule has 7 nitrogen and oxygen atoms in total. The van der Waals surface area contributed by atoms with E-state index in [0.717, 1.165) is 0 Å². The maximum atomic E-state index is 12.2. The Morgan fingerprint density at radius 3 is 3.22 bits per heavy atom. The van der Waals surface area contributed by atoms with Crippen LogP contribution in [0.25, 0.3) is 0 Å². The standard InChI is InChI=1S/C11H15N3O4/c1-7-10(15)12-3-4-14(7)11(16)9-5-8(6-17-2)18-13-9/h5,7H,3-4,6H2,1-2H3,(H,12,15). The molecule has 7 heteroatoms. The molecule has 0 spiro atoms. The molecule has 2 heterocycles.